The molecular weight excluding hydrogens is 276 g/mol. The molecule has 2 rings (SSSR count). The number of methoxy groups -OCH3 is 1. The number of unbranched alkanes of at least 4 members (excludes halogenated alkanes) is 1. The molecule has 0 radical (unpaired) electrons. The first-order valence-electron chi connectivity index (χ1n) is 6.99. The van der Waals surface area contributed by atoms with Crippen LogP contribution in [0, 0.1) is 0 Å². The molecule has 1 aromatic heterocycles. The van der Waals surface area contributed by atoms with Gasteiger partial charge in [0.25, 0.3) is 5.56 Å². The van der Waals surface area contributed by atoms with Gasteiger partial charge in [0, 0.05) is 18.3 Å². The van der Waals surface area contributed by atoms with Gasteiger partial charge in [0.05, 0.1) is 7.11 Å². The summed E-state index contributed by atoms with van der Waals surface area (Å²) in [5.74, 6) is -0.246. The maximum atomic E-state index is 11.8. The van der Waals surface area contributed by atoms with Crippen LogP contribution in [0.1, 0.15) is 45.1 Å². The average molecular weight is 296 g/mol. The number of hydrogen-bond donors (Lipinski definition) is 0. The van der Waals surface area contributed by atoms with E-state index in [1.807, 2.05) is 4.57 Å². The van der Waals surface area contributed by atoms with Crippen LogP contribution < -0.4 is 5.56 Å². The maximum Gasteiger partial charge on any atom is 0.319 e. The number of ether oxygens (including phenoxy) is 1. The van der Waals surface area contributed by atoms with E-state index < -0.39 is 0 Å². The molecule has 1 aliphatic carbocycles. The molecule has 1 aliphatic rings. The number of hydrogen-bond acceptors (Lipinski definition) is 5. The fraction of sp³-hybridized carbons (Fsp3) is 0.643. The van der Waals surface area contributed by atoms with E-state index in [0.29, 0.717) is 11.2 Å². The zero-order chi connectivity index (χ0) is 14.5. The molecule has 0 N–H and O–H groups in total. The molecule has 0 saturated heterocycles. The Morgan fingerprint density at radius 2 is 2.35 bits per heavy atom. The van der Waals surface area contributed by atoms with Gasteiger partial charge in [-0.1, -0.05) is 31.5 Å². The van der Waals surface area contributed by atoms with Crippen molar-refractivity contribution in [2.45, 2.75) is 55.5 Å². The van der Waals surface area contributed by atoms with Crippen molar-refractivity contribution in [3.8, 4) is 0 Å². The Morgan fingerprint density at radius 1 is 1.60 bits per heavy atom. The van der Waals surface area contributed by atoms with E-state index in [4.69, 9.17) is 4.74 Å². The molecule has 5 nitrogen and oxygen atoms in total. The van der Waals surface area contributed by atoms with Gasteiger partial charge in [-0.2, -0.15) is 4.98 Å². The molecule has 1 atom stereocenters. The summed E-state index contributed by atoms with van der Waals surface area (Å²) in [4.78, 5) is 27.4. The Hall–Kier alpha value is -1.30. The van der Waals surface area contributed by atoms with Crippen molar-refractivity contribution in [3.05, 3.63) is 22.6 Å². The normalized spacial score (nSPS) is 15.9. The Labute approximate surface area is 122 Å². The first-order chi connectivity index (χ1) is 9.65. The van der Waals surface area contributed by atoms with E-state index in [2.05, 4.69) is 11.9 Å². The fourth-order valence-electron chi connectivity index (χ4n) is 1.99. The van der Waals surface area contributed by atoms with Gasteiger partial charge in [-0.15, -0.1) is 0 Å². The van der Waals surface area contributed by atoms with Gasteiger partial charge in [-0.3, -0.25) is 9.59 Å². The van der Waals surface area contributed by atoms with Gasteiger partial charge in [-0.25, -0.2) is 0 Å². The summed E-state index contributed by atoms with van der Waals surface area (Å²) >= 11 is 1.35. The van der Waals surface area contributed by atoms with Crippen molar-refractivity contribution in [2.24, 2.45) is 0 Å². The van der Waals surface area contributed by atoms with Crippen LogP contribution in [0.3, 0.4) is 0 Å². The Morgan fingerprint density at radius 3 is 2.95 bits per heavy atom. The molecule has 0 bridgehead atoms. The zero-order valence-electron chi connectivity index (χ0n) is 11.9. The summed E-state index contributed by atoms with van der Waals surface area (Å²) in [5, 5.41) is 0.339. The van der Waals surface area contributed by atoms with Crippen molar-refractivity contribution in [3.63, 3.8) is 0 Å². The van der Waals surface area contributed by atoms with Gasteiger partial charge in [0.15, 0.2) is 5.16 Å². The third-order valence-corrected chi connectivity index (χ3v) is 4.50. The van der Waals surface area contributed by atoms with Gasteiger partial charge >= 0.3 is 5.97 Å². The monoisotopic (exact) mass is 296 g/mol. The lowest BCUT2D eigenvalue weighted by Crippen LogP contribution is -2.21. The molecule has 0 aliphatic heterocycles. The van der Waals surface area contributed by atoms with Gasteiger partial charge in [-0.05, 0) is 19.3 Å². The molecule has 20 heavy (non-hydrogen) atoms. The van der Waals surface area contributed by atoms with Crippen LogP contribution in [-0.2, 0) is 9.53 Å². The van der Waals surface area contributed by atoms with Crippen molar-refractivity contribution in [1.82, 2.24) is 9.55 Å². The highest BCUT2D eigenvalue weighted by Crippen LogP contribution is 2.38. The van der Waals surface area contributed by atoms with E-state index in [1.165, 1.54) is 24.9 Å². The lowest BCUT2D eigenvalue weighted by atomic mass is 10.2. The minimum atomic E-state index is -0.292. The molecule has 6 heteroatoms. The molecule has 110 valence electrons. The quantitative estimate of drug-likeness (QED) is 0.439. The van der Waals surface area contributed by atoms with Gasteiger partial charge in [0.2, 0.25) is 0 Å². The first-order valence-corrected chi connectivity index (χ1v) is 7.87. The summed E-state index contributed by atoms with van der Waals surface area (Å²) in [6.07, 6.45) is 6.71. The number of esters is 1. The lowest BCUT2D eigenvalue weighted by Gasteiger charge is -2.16. The van der Waals surface area contributed by atoms with E-state index in [0.717, 1.165) is 32.1 Å². The van der Waals surface area contributed by atoms with Crippen molar-refractivity contribution >= 4 is 17.7 Å². The number of nitrogens with zero attached hydrogens (tertiary/aromatic N) is 2. The molecular formula is C14H20N2O3S. The molecule has 0 unspecified atom stereocenters. The van der Waals surface area contributed by atoms with Crippen LogP contribution in [0.5, 0.6) is 0 Å². The Balaban J connectivity index is 2.18. The molecule has 0 spiro atoms. The minimum absolute atomic E-state index is 0.246. The average Bonchev–Trinajstić information content (AvgIpc) is 3.27. The number of rotatable bonds is 7. The number of aromatic nitrogens is 2. The zero-order valence-corrected chi connectivity index (χ0v) is 12.7. The molecule has 0 aromatic carbocycles. The summed E-state index contributed by atoms with van der Waals surface area (Å²) in [6.45, 7) is 2.08. The molecule has 1 aromatic rings. The predicted octanol–water partition coefficient (Wildman–Crippen LogP) is 2.40. The predicted molar refractivity (Wildman–Crippen MR) is 78.0 cm³/mol. The molecule has 1 fully saturated rings. The lowest BCUT2D eigenvalue weighted by molar-refractivity contribution is -0.140. The van der Waals surface area contributed by atoms with Crippen LogP contribution in [0.25, 0.3) is 0 Å². The first kappa shape index (κ1) is 15.1. The Bertz CT molecular complexity index is 525. The third kappa shape index (κ3) is 3.85. The Kier molecular flexibility index (Phi) is 5.23. The second-order valence-electron chi connectivity index (χ2n) is 4.96. The highest BCUT2D eigenvalue weighted by atomic mass is 32.2. The van der Waals surface area contributed by atoms with Crippen molar-refractivity contribution < 1.29 is 9.53 Å². The van der Waals surface area contributed by atoms with Crippen molar-refractivity contribution in [1.29, 1.82) is 0 Å². The van der Waals surface area contributed by atoms with Crippen LogP contribution in [0.15, 0.2) is 22.2 Å². The fourth-order valence-corrected chi connectivity index (χ4v) is 3.19. The molecule has 1 heterocycles. The van der Waals surface area contributed by atoms with E-state index in [9.17, 15) is 9.59 Å². The van der Waals surface area contributed by atoms with Crippen molar-refractivity contribution in [2.75, 3.05) is 7.11 Å². The topological polar surface area (TPSA) is 61.2 Å². The van der Waals surface area contributed by atoms with E-state index in [1.54, 1.807) is 6.20 Å². The summed E-state index contributed by atoms with van der Waals surface area (Å²) in [6, 6.07) is 1.90. The SMILES string of the molecule is CCCC[C@@H](Sc1nc(=O)ccn1C1CC1)C(=O)OC. The molecule has 1 saturated carbocycles. The summed E-state index contributed by atoms with van der Waals surface area (Å²) < 4.78 is 6.86. The van der Waals surface area contributed by atoms with E-state index >= 15 is 0 Å². The van der Waals surface area contributed by atoms with Crippen LogP contribution in [0.4, 0.5) is 0 Å². The number of carbonyl (C=O) groups is 1. The largest absolute Gasteiger partial charge is 0.468 e. The number of carbonyl (C=O) groups excluding carboxylic acids is 1. The van der Waals surface area contributed by atoms with E-state index in [-0.39, 0.29) is 16.8 Å². The summed E-state index contributed by atoms with van der Waals surface area (Å²) in [7, 11) is 1.40. The minimum Gasteiger partial charge on any atom is -0.468 e. The third-order valence-electron chi connectivity index (χ3n) is 3.28. The molecule has 0 amide bonds. The maximum absolute atomic E-state index is 11.8. The highest BCUT2D eigenvalue weighted by molar-refractivity contribution is 8.00. The number of thioether (sulfide) groups is 1. The van der Waals surface area contributed by atoms with Crippen LogP contribution in [0.2, 0.25) is 0 Å². The second kappa shape index (κ2) is 6.92. The van der Waals surface area contributed by atoms with Crippen LogP contribution >= 0.6 is 11.8 Å². The smallest absolute Gasteiger partial charge is 0.319 e. The summed E-state index contributed by atoms with van der Waals surface area (Å²) in [5.41, 5.74) is -0.261. The van der Waals surface area contributed by atoms with Gasteiger partial charge < -0.3 is 9.30 Å². The second-order valence-corrected chi connectivity index (χ2v) is 6.13. The highest BCUT2D eigenvalue weighted by Gasteiger charge is 2.28. The standard InChI is InChI=1S/C14H20N2O3S/c1-3-4-5-11(13(18)19-2)20-14-15-12(17)8-9-16(14)10-6-7-10/h8-11H,3-7H2,1-2H3/t11-/m1/s1. The van der Waals surface area contributed by atoms with Crippen LogP contribution in [-0.4, -0.2) is 27.9 Å². The van der Waals surface area contributed by atoms with Gasteiger partial charge in [0.1, 0.15) is 5.25 Å².